The third-order valence-electron chi connectivity index (χ3n) is 4.08. The van der Waals surface area contributed by atoms with Crippen LogP contribution in [0.2, 0.25) is 0 Å². The fraction of sp³-hybridized carbons (Fsp3) is 0.222. The highest BCUT2D eigenvalue weighted by Crippen LogP contribution is 2.27. The molecule has 0 fully saturated rings. The summed E-state index contributed by atoms with van der Waals surface area (Å²) in [5, 5.41) is 19.5. The second-order valence-electron chi connectivity index (χ2n) is 5.53. The lowest BCUT2D eigenvalue weighted by Crippen LogP contribution is -2.49. The normalized spacial score (nSPS) is 16.3. The first-order valence-corrected chi connectivity index (χ1v) is 7.43. The van der Waals surface area contributed by atoms with Crippen molar-refractivity contribution in [2.45, 2.75) is 18.6 Å². The van der Waals surface area contributed by atoms with Gasteiger partial charge >= 0.3 is 0 Å². The lowest BCUT2D eigenvalue weighted by Gasteiger charge is -2.29. The van der Waals surface area contributed by atoms with Gasteiger partial charge in [0.1, 0.15) is 0 Å². The van der Waals surface area contributed by atoms with Gasteiger partial charge in [0.2, 0.25) is 0 Å². The molecule has 0 aromatic heterocycles. The molecule has 2 aromatic carbocycles. The predicted octanol–water partition coefficient (Wildman–Crippen LogP) is 1.25. The molecule has 23 heavy (non-hydrogen) atoms. The number of imide groups is 1. The molecule has 1 heterocycles. The van der Waals surface area contributed by atoms with Crippen molar-refractivity contribution in [2.24, 2.45) is 0 Å². The molecule has 1 aliphatic rings. The van der Waals surface area contributed by atoms with Crippen molar-refractivity contribution in [1.82, 2.24) is 4.90 Å². The molecule has 3 rings (SSSR count). The molecule has 0 saturated heterocycles. The molecule has 2 atom stereocenters. The van der Waals surface area contributed by atoms with E-state index in [4.69, 9.17) is 0 Å². The molecule has 0 aliphatic carbocycles. The van der Waals surface area contributed by atoms with Crippen LogP contribution in [0.25, 0.3) is 0 Å². The minimum atomic E-state index is -1.20. The summed E-state index contributed by atoms with van der Waals surface area (Å²) in [7, 11) is 0. The number of benzene rings is 2. The van der Waals surface area contributed by atoms with E-state index in [1.54, 1.807) is 24.3 Å². The molecule has 2 unspecified atom stereocenters. The van der Waals surface area contributed by atoms with Gasteiger partial charge < -0.3 is 10.2 Å². The van der Waals surface area contributed by atoms with Gasteiger partial charge in [-0.3, -0.25) is 14.5 Å². The number of hydrogen-bond acceptors (Lipinski definition) is 4. The number of aliphatic hydroxyl groups excluding tert-OH is 2. The Morgan fingerprint density at radius 2 is 1.39 bits per heavy atom. The Morgan fingerprint density at radius 3 is 1.91 bits per heavy atom. The van der Waals surface area contributed by atoms with Crippen LogP contribution < -0.4 is 0 Å². The molecule has 118 valence electrons. The van der Waals surface area contributed by atoms with E-state index < -0.39 is 30.6 Å². The van der Waals surface area contributed by atoms with Crippen LogP contribution in [0.5, 0.6) is 0 Å². The van der Waals surface area contributed by atoms with Crippen molar-refractivity contribution in [3.05, 3.63) is 71.3 Å². The van der Waals surface area contributed by atoms with E-state index in [0.717, 1.165) is 10.5 Å². The van der Waals surface area contributed by atoms with Crippen molar-refractivity contribution in [2.75, 3.05) is 6.61 Å². The van der Waals surface area contributed by atoms with E-state index in [1.807, 2.05) is 30.3 Å². The van der Waals surface area contributed by atoms with Gasteiger partial charge in [0.05, 0.1) is 29.9 Å². The zero-order valence-corrected chi connectivity index (χ0v) is 12.4. The number of carbonyl (C=O) groups is 2. The number of nitrogens with zero attached hydrogens (tertiary/aromatic N) is 1. The van der Waals surface area contributed by atoms with E-state index in [2.05, 4.69) is 0 Å². The molecular weight excluding hydrogens is 294 g/mol. The summed E-state index contributed by atoms with van der Waals surface area (Å²) in [4.78, 5) is 26.2. The Balaban J connectivity index is 1.95. The smallest absolute Gasteiger partial charge is 0.261 e. The standard InChI is InChI=1S/C18H17NO4/c20-11-16(21)15(10-12-6-2-1-3-7-12)19-17(22)13-8-4-5-9-14(13)18(19)23/h1-9,15-16,20-21H,10-11H2. The van der Waals surface area contributed by atoms with Crippen LogP contribution in [-0.4, -0.2) is 45.7 Å². The lowest BCUT2D eigenvalue weighted by atomic mass is 10.00. The lowest BCUT2D eigenvalue weighted by molar-refractivity contribution is 0.0147. The summed E-state index contributed by atoms with van der Waals surface area (Å²) in [6, 6.07) is 15.0. The van der Waals surface area contributed by atoms with Crippen LogP contribution in [0.3, 0.4) is 0 Å². The third-order valence-corrected chi connectivity index (χ3v) is 4.08. The quantitative estimate of drug-likeness (QED) is 0.815. The minimum Gasteiger partial charge on any atom is -0.394 e. The Hall–Kier alpha value is -2.50. The van der Waals surface area contributed by atoms with Crippen molar-refractivity contribution in [1.29, 1.82) is 0 Å². The summed E-state index contributed by atoms with van der Waals surface area (Å²) < 4.78 is 0. The minimum absolute atomic E-state index is 0.286. The second kappa shape index (κ2) is 6.32. The summed E-state index contributed by atoms with van der Waals surface area (Å²) in [5.41, 5.74) is 1.54. The summed E-state index contributed by atoms with van der Waals surface area (Å²) in [6.45, 7) is -0.523. The van der Waals surface area contributed by atoms with E-state index >= 15 is 0 Å². The van der Waals surface area contributed by atoms with Crippen LogP contribution in [0.15, 0.2) is 54.6 Å². The topological polar surface area (TPSA) is 77.8 Å². The van der Waals surface area contributed by atoms with Gasteiger partial charge in [0.15, 0.2) is 0 Å². The highest BCUT2D eigenvalue weighted by atomic mass is 16.3. The Labute approximate surface area is 133 Å². The molecule has 2 amide bonds. The average Bonchev–Trinajstić information content (AvgIpc) is 2.85. The molecule has 0 bridgehead atoms. The van der Waals surface area contributed by atoms with Gasteiger partial charge in [-0.15, -0.1) is 0 Å². The Bertz CT molecular complexity index is 694. The van der Waals surface area contributed by atoms with E-state index in [-0.39, 0.29) is 6.42 Å². The van der Waals surface area contributed by atoms with Gasteiger partial charge in [-0.25, -0.2) is 0 Å². The number of fused-ring (bicyclic) bond motifs is 1. The van der Waals surface area contributed by atoms with Crippen LogP contribution >= 0.6 is 0 Å². The molecule has 0 spiro atoms. The van der Waals surface area contributed by atoms with Crippen molar-refractivity contribution < 1.29 is 19.8 Å². The fourth-order valence-corrected chi connectivity index (χ4v) is 2.89. The molecule has 0 saturated carbocycles. The van der Waals surface area contributed by atoms with Crippen molar-refractivity contribution in [3.8, 4) is 0 Å². The van der Waals surface area contributed by atoms with Crippen LogP contribution in [0.4, 0.5) is 0 Å². The number of rotatable bonds is 5. The fourth-order valence-electron chi connectivity index (χ4n) is 2.89. The van der Waals surface area contributed by atoms with E-state index in [0.29, 0.717) is 11.1 Å². The maximum Gasteiger partial charge on any atom is 0.261 e. The summed E-state index contributed by atoms with van der Waals surface area (Å²) in [5.74, 6) is -0.863. The zero-order valence-electron chi connectivity index (χ0n) is 12.4. The molecular formula is C18H17NO4. The molecule has 5 nitrogen and oxygen atoms in total. The van der Waals surface area contributed by atoms with Gasteiger partial charge in [-0.2, -0.15) is 0 Å². The van der Waals surface area contributed by atoms with Crippen LogP contribution in [0, 0.1) is 0 Å². The summed E-state index contributed by atoms with van der Waals surface area (Å²) >= 11 is 0. The summed E-state index contributed by atoms with van der Waals surface area (Å²) in [6.07, 6.45) is -0.911. The first-order chi connectivity index (χ1) is 11.1. The van der Waals surface area contributed by atoms with Gasteiger partial charge in [-0.05, 0) is 24.1 Å². The van der Waals surface area contributed by atoms with E-state index in [1.165, 1.54) is 0 Å². The van der Waals surface area contributed by atoms with Crippen LogP contribution in [-0.2, 0) is 6.42 Å². The molecule has 5 heteroatoms. The molecule has 2 aromatic rings. The average molecular weight is 311 g/mol. The first-order valence-electron chi connectivity index (χ1n) is 7.43. The van der Waals surface area contributed by atoms with Gasteiger partial charge in [0, 0.05) is 0 Å². The number of aliphatic hydroxyl groups is 2. The van der Waals surface area contributed by atoms with Crippen molar-refractivity contribution >= 4 is 11.8 Å². The molecule has 0 radical (unpaired) electrons. The second-order valence-corrected chi connectivity index (χ2v) is 5.53. The largest absolute Gasteiger partial charge is 0.394 e. The molecule has 1 aliphatic heterocycles. The van der Waals surface area contributed by atoms with E-state index in [9.17, 15) is 19.8 Å². The zero-order chi connectivity index (χ0) is 16.4. The number of hydrogen-bond donors (Lipinski definition) is 2. The number of carbonyl (C=O) groups excluding carboxylic acids is 2. The Kier molecular flexibility index (Phi) is 4.23. The molecule has 2 N–H and O–H groups in total. The number of amides is 2. The first kappa shape index (κ1) is 15.4. The predicted molar refractivity (Wildman–Crippen MR) is 84.0 cm³/mol. The highest BCUT2D eigenvalue weighted by molar-refractivity contribution is 6.21. The maximum atomic E-state index is 12.6. The van der Waals surface area contributed by atoms with Crippen LogP contribution in [0.1, 0.15) is 26.3 Å². The van der Waals surface area contributed by atoms with Gasteiger partial charge in [-0.1, -0.05) is 42.5 Å². The van der Waals surface area contributed by atoms with Gasteiger partial charge in [0.25, 0.3) is 11.8 Å². The maximum absolute atomic E-state index is 12.6. The monoisotopic (exact) mass is 311 g/mol. The SMILES string of the molecule is O=C1c2ccccc2C(=O)N1C(Cc1ccccc1)C(O)CO. The highest BCUT2D eigenvalue weighted by Gasteiger charge is 2.42. The Morgan fingerprint density at radius 1 is 0.870 bits per heavy atom. The third kappa shape index (κ3) is 2.76. The van der Waals surface area contributed by atoms with Crippen molar-refractivity contribution in [3.63, 3.8) is 0 Å².